The Bertz CT molecular complexity index is 664. The molecule has 1 heterocycles. The van der Waals surface area contributed by atoms with Crippen molar-refractivity contribution in [2.24, 2.45) is 0 Å². The highest BCUT2D eigenvalue weighted by atomic mass is 19.1. The fourth-order valence-corrected chi connectivity index (χ4v) is 1.69. The first-order valence-electron chi connectivity index (χ1n) is 5.64. The molecule has 1 aromatic heterocycles. The third-order valence-corrected chi connectivity index (χ3v) is 2.72. The Hall–Kier alpha value is -2.43. The summed E-state index contributed by atoms with van der Waals surface area (Å²) in [7, 11) is 1.24. The van der Waals surface area contributed by atoms with Crippen molar-refractivity contribution < 1.29 is 13.9 Å². The second kappa shape index (κ2) is 5.48. The Morgan fingerprint density at radius 1 is 1.32 bits per heavy atom. The van der Waals surface area contributed by atoms with Crippen LogP contribution in [0.3, 0.4) is 0 Å². The Kier molecular flexibility index (Phi) is 3.75. The van der Waals surface area contributed by atoms with E-state index in [2.05, 4.69) is 4.74 Å². The average Bonchev–Trinajstić information content (AvgIpc) is 2.42. The van der Waals surface area contributed by atoms with Crippen LogP contribution in [0, 0.1) is 5.82 Å². The van der Waals surface area contributed by atoms with Crippen molar-refractivity contribution in [3.63, 3.8) is 0 Å². The van der Waals surface area contributed by atoms with E-state index in [0.717, 1.165) is 0 Å². The molecule has 0 aliphatic heterocycles. The van der Waals surface area contributed by atoms with E-state index in [-0.39, 0.29) is 23.5 Å². The second-order valence-corrected chi connectivity index (χ2v) is 3.96. The van der Waals surface area contributed by atoms with E-state index in [1.807, 2.05) is 0 Å². The van der Waals surface area contributed by atoms with Gasteiger partial charge in [0.2, 0.25) is 0 Å². The largest absolute Gasteiger partial charge is 0.465 e. The highest BCUT2D eigenvalue weighted by Gasteiger charge is 2.08. The van der Waals surface area contributed by atoms with E-state index in [0.29, 0.717) is 5.56 Å². The lowest BCUT2D eigenvalue weighted by molar-refractivity contribution is 0.0600. The quantitative estimate of drug-likeness (QED) is 0.792. The van der Waals surface area contributed by atoms with Gasteiger partial charge in [0.15, 0.2) is 0 Å². The predicted molar refractivity (Wildman–Crippen MR) is 67.5 cm³/mol. The minimum atomic E-state index is -0.574. The van der Waals surface area contributed by atoms with E-state index in [1.54, 1.807) is 18.2 Å². The SMILES string of the molecule is COC(=O)c1ccn(Cc2ccccc2F)c(=O)c1. The lowest BCUT2D eigenvalue weighted by Gasteiger charge is -2.07. The molecule has 0 radical (unpaired) electrons. The van der Waals surface area contributed by atoms with Crippen LogP contribution in [-0.4, -0.2) is 17.6 Å². The summed E-state index contributed by atoms with van der Waals surface area (Å²) in [5, 5.41) is 0. The molecular formula is C14H12FNO3. The Labute approximate surface area is 109 Å². The van der Waals surface area contributed by atoms with E-state index in [4.69, 9.17) is 0 Å². The second-order valence-electron chi connectivity index (χ2n) is 3.96. The van der Waals surface area contributed by atoms with Crippen LogP contribution in [0.1, 0.15) is 15.9 Å². The Morgan fingerprint density at radius 2 is 2.05 bits per heavy atom. The van der Waals surface area contributed by atoms with E-state index < -0.39 is 5.97 Å². The van der Waals surface area contributed by atoms with Crippen LogP contribution in [0.5, 0.6) is 0 Å². The summed E-state index contributed by atoms with van der Waals surface area (Å²) in [4.78, 5) is 23.1. The number of pyridine rings is 1. The molecule has 2 aromatic rings. The zero-order valence-corrected chi connectivity index (χ0v) is 10.3. The van der Waals surface area contributed by atoms with E-state index in [1.165, 1.54) is 36.1 Å². The molecule has 19 heavy (non-hydrogen) atoms. The van der Waals surface area contributed by atoms with Crippen LogP contribution < -0.4 is 5.56 Å². The number of halogens is 1. The molecule has 0 fully saturated rings. The summed E-state index contributed by atoms with van der Waals surface area (Å²) in [5.74, 6) is -0.943. The first-order chi connectivity index (χ1) is 9.11. The highest BCUT2D eigenvalue weighted by molar-refractivity contribution is 5.88. The van der Waals surface area contributed by atoms with Crippen molar-refractivity contribution in [2.75, 3.05) is 7.11 Å². The molecule has 1 aromatic carbocycles. The minimum Gasteiger partial charge on any atom is -0.465 e. The van der Waals surface area contributed by atoms with Crippen LogP contribution in [0.25, 0.3) is 0 Å². The number of benzene rings is 1. The maximum Gasteiger partial charge on any atom is 0.338 e. The molecule has 2 rings (SSSR count). The highest BCUT2D eigenvalue weighted by Crippen LogP contribution is 2.07. The topological polar surface area (TPSA) is 48.3 Å². The minimum absolute atomic E-state index is 0.118. The molecule has 5 heteroatoms. The number of carbonyl (C=O) groups is 1. The van der Waals surface area contributed by atoms with Gasteiger partial charge >= 0.3 is 5.97 Å². The van der Waals surface area contributed by atoms with Gasteiger partial charge in [0.1, 0.15) is 5.82 Å². The molecule has 0 unspecified atom stereocenters. The molecule has 0 saturated carbocycles. The number of nitrogens with zero attached hydrogens (tertiary/aromatic N) is 1. The van der Waals surface area contributed by atoms with Crippen molar-refractivity contribution in [1.29, 1.82) is 0 Å². The third kappa shape index (κ3) is 2.88. The molecule has 0 atom stereocenters. The van der Waals surface area contributed by atoms with Crippen molar-refractivity contribution in [1.82, 2.24) is 4.57 Å². The summed E-state index contributed by atoms with van der Waals surface area (Å²) in [6.07, 6.45) is 1.45. The molecule has 0 spiro atoms. The first-order valence-corrected chi connectivity index (χ1v) is 5.64. The van der Waals surface area contributed by atoms with Gasteiger partial charge in [-0.05, 0) is 12.1 Å². The Balaban J connectivity index is 2.30. The maximum atomic E-state index is 13.5. The lowest BCUT2D eigenvalue weighted by Crippen LogP contribution is -2.21. The van der Waals surface area contributed by atoms with Crippen molar-refractivity contribution >= 4 is 5.97 Å². The predicted octanol–water partition coefficient (Wildman–Crippen LogP) is 1.82. The molecule has 0 N–H and O–H groups in total. The van der Waals surface area contributed by atoms with Gasteiger partial charge in [-0.2, -0.15) is 0 Å². The molecule has 0 amide bonds. The van der Waals surface area contributed by atoms with E-state index in [9.17, 15) is 14.0 Å². The number of carbonyl (C=O) groups excluding carboxylic acids is 1. The summed E-state index contributed by atoms with van der Waals surface area (Å²) >= 11 is 0. The van der Waals surface area contributed by atoms with Crippen molar-refractivity contribution in [3.05, 3.63) is 69.9 Å². The molecule has 4 nitrogen and oxygen atoms in total. The number of methoxy groups -OCH3 is 1. The summed E-state index contributed by atoms with van der Waals surface area (Å²) < 4.78 is 19.3. The van der Waals surface area contributed by atoms with Gasteiger partial charge in [0.25, 0.3) is 5.56 Å². The van der Waals surface area contributed by atoms with E-state index >= 15 is 0 Å². The summed E-state index contributed by atoms with van der Waals surface area (Å²) in [6, 6.07) is 8.87. The van der Waals surface area contributed by atoms with Crippen molar-refractivity contribution in [2.45, 2.75) is 6.54 Å². The monoisotopic (exact) mass is 261 g/mol. The van der Waals surface area contributed by atoms with Gasteiger partial charge in [-0.25, -0.2) is 9.18 Å². The van der Waals surface area contributed by atoms with Crippen LogP contribution in [0.4, 0.5) is 4.39 Å². The number of hydrogen-bond acceptors (Lipinski definition) is 3. The molecule has 0 bridgehead atoms. The summed E-state index contributed by atoms with van der Waals surface area (Å²) in [5.41, 5.74) is 0.207. The number of rotatable bonds is 3. The zero-order chi connectivity index (χ0) is 13.8. The molecule has 0 aliphatic carbocycles. The standard InChI is InChI=1S/C14H12FNO3/c1-19-14(18)10-6-7-16(13(17)8-10)9-11-4-2-3-5-12(11)15/h2-8H,9H2,1H3. The fourth-order valence-electron chi connectivity index (χ4n) is 1.69. The number of aromatic nitrogens is 1. The van der Waals surface area contributed by atoms with Gasteiger partial charge in [-0.15, -0.1) is 0 Å². The van der Waals surface area contributed by atoms with Gasteiger partial charge in [-0.3, -0.25) is 4.79 Å². The first kappa shape index (κ1) is 13.0. The lowest BCUT2D eigenvalue weighted by atomic mass is 10.2. The maximum absolute atomic E-state index is 13.5. The zero-order valence-electron chi connectivity index (χ0n) is 10.3. The fraction of sp³-hybridized carbons (Fsp3) is 0.143. The number of esters is 1. The molecular weight excluding hydrogens is 249 g/mol. The van der Waals surface area contributed by atoms with Crippen LogP contribution >= 0.6 is 0 Å². The Morgan fingerprint density at radius 3 is 2.68 bits per heavy atom. The van der Waals surface area contributed by atoms with Gasteiger partial charge in [0.05, 0.1) is 19.2 Å². The van der Waals surface area contributed by atoms with Gasteiger partial charge < -0.3 is 9.30 Å². The van der Waals surface area contributed by atoms with Gasteiger partial charge in [-0.1, -0.05) is 18.2 Å². The molecule has 98 valence electrons. The summed E-state index contributed by atoms with van der Waals surface area (Å²) in [6.45, 7) is 0.118. The smallest absolute Gasteiger partial charge is 0.338 e. The van der Waals surface area contributed by atoms with Crippen LogP contribution in [0.15, 0.2) is 47.4 Å². The molecule has 0 saturated heterocycles. The number of ether oxygens (including phenoxy) is 1. The molecule has 0 aliphatic rings. The van der Waals surface area contributed by atoms with Crippen molar-refractivity contribution in [3.8, 4) is 0 Å². The normalized spacial score (nSPS) is 10.2. The van der Waals surface area contributed by atoms with Crippen LogP contribution in [0.2, 0.25) is 0 Å². The van der Waals surface area contributed by atoms with Gasteiger partial charge in [0, 0.05) is 17.8 Å². The van der Waals surface area contributed by atoms with Crippen LogP contribution in [-0.2, 0) is 11.3 Å². The average molecular weight is 261 g/mol. The number of hydrogen-bond donors (Lipinski definition) is 0. The third-order valence-electron chi connectivity index (χ3n) is 2.72.